The van der Waals surface area contributed by atoms with Gasteiger partial charge in [0.2, 0.25) is 0 Å². The highest BCUT2D eigenvalue weighted by molar-refractivity contribution is 5.14. The molecule has 0 aliphatic carbocycles. The molecule has 2 N–H and O–H groups in total. The minimum absolute atomic E-state index is 0.0625. The topological polar surface area (TPSA) is 41.5 Å². The van der Waals surface area contributed by atoms with Gasteiger partial charge in [0.15, 0.2) is 0 Å². The van der Waals surface area contributed by atoms with Crippen LogP contribution in [0.4, 0.5) is 0 Å². The van der Waals surface area contributed by atoms with Crippen molar-refractivity contribution >= 4 is 0 Å². The predicted molar refractivity (Wildman–Crippen MR) is 50.5 cm³/mol. The zero-order valence-electron chi connectivity index (χ0n) is 8.16. The summed E-state index contributed by atoms with van der Waals surface area (Å²) in [6, 6.07) is 0.0625. The highest BCUT2D eigenvalue weighted by Gasteiger charge is 2.48. The zero-order valence-corrected chi connectivity index (χ0v) is 8.16. The van der Waals surface area contributed by atoms with Gasteiger partial charge in [0, 0.05) is 12.5 Å². The minimum atomic E-state index is -0.716. The van der Waals surface area contributed by atoms with Gasteiger partial charge in [-0.2, -0.15) is 0 Å². The van der Waals surface area contributed by atoms with Gasteiger partial charge in [-0.1, -0.05) is 19.1 Å². The van der Waals surface area contributed by atoms with Crippen LogP contribution in [0.1, 0.15) is 13.8 Å². The van der Waals surface area contributed by atoms with E-state index in [2.05, 4.69) is 11.4 Å². The van der Waals surface area contributed by atoms with E-state index in [4.69, 9.17) is 4.74 Å². The maximum atomic E-state index is 10.4. The van der Waals surface area contributed by atoms with Crippen molar-refractivity contribution in [3.8, 4) is 0 Å². The number of aliphatic hydroxyl groups is 1. The molecule has 2 rings (SSSR count). The van der Waals surface area contributed by atoms with Crippen molar-refractivity contribution in [2.75, 3.05) is 13.2 Å². The Morgan fingerprint density at radius 2 is 2.31 bits per heavy atom. The Hall–Kier alpha value is -0.380. The summed E-state index contributed by atoms with van der Waals surface area (Å²) in [7, 11) is 0. The molecule has 1 saturated heterocycles. The summed E-state index contributed by atoms with van der Waals surface area (Å²) < 4.78 is 5.47. The first-order chi connectivity index (χ1) is 6.14. The molecule has 0 amide bonds. The molecule has 3 heteroatoms. The second-order valence-electron chi connectivity index (χ2n) is 4.11. The lowest BCUT2D eigenvalue weighted by Crippen LogP contribution is -2.52. The first-order valence-electron chi connectivity index (χ1n) is 4.88. The average Bonchev–Trinajstić information content (AvgIpc) is 2.71. The fraction of sp³-hybridized carbons (Fsp3) is 0.800. The number of rotatable bonds is 1. The molecule has 2 aliphatic rings. The minimum Gasteiger partial charge on any atom is -0.385 e. The second-order valence-corrected chi connectivity index (χ2v) is 4.11. The maximum Gasteiger partial charge on any atom is 0.112 e. The third-order valence-electron chi connectivity index (χ3n) is 3.39. The Kier molecular flexibility index (Phi) is 2.18. The number of nitrogens with one attached hydrogen (secondary N) is 1. The van der Waals surface area contributed by atoms with Gasteiger partial charge < -0.3 is 15.2 Å². The standard InChI is InChI=1S/C10H17NO2/c1-7-8(2)13-6-10(7,12)9-4-3-5-11-9/h3-4,7-9,11-12H,5-6H2,1-2H3. The molecule has 1 fully saturated rings. The van der Waals surface area contributed by atoms with Crippen molar-refractivity contribution < 1.29 is 9.84 Å². The van der Waals surface area contributed by atoms with E-state index >= 15 is 0 Å². The average molecular weight is 183 g/mol. The van der Waals surface area contributed by atoms with E-state index in [1.54, 1.807) is 0 Å². The maximum absolute atomic E-state index is 10.4. The van der Waals surface area contributed by atoms with E-state index in [9.17, 15) is 5.11 Å². The zero-order chi connectivity index (χ0) is 9.47. The molecule has 0 aromatic rings. The molecule has 0 radical (unpaired) electrons. The fourth-order valence-electron chi connectivity index (χ4n) is 2.13. The Labute approximate surface area is 78.8 Å². The molecule has 2 aliphatic heterocycles. The van der Waals surface area contributed by atoms with Crippen LogP contribution in [0, 0.1) is 5.92 Å². The Morgan fingerprint density at radius 3 is 2.77 bits per heavy atom. The molecule has 0 bridgehead atoms. The Morgan fingerprint density at radius 1 is 1.54 bits per heavy atom. The molecular formula is C10H17NO2. The Balaban J connectivity index is 2.15. The lowest BCUT2D eigenvalue weighted by atomic mass is 9.83. The van der Waals surface area contributed by atoms with Crippen LogP contribution in [0.2, 0.25) is 0 Å². The van der Waals surface area contributed by atoms with Gasteiger partial charge in [-0.15, -0.1) is 0 Å². The summed E-state index contributed by atoms with van der Waals surface area (Å²) in [6.07, 6.45) is 4.25. The summed E-state index contributed by atoms with van der Waals surface area (Å²) in [4.78, 5) is 0. The fourth-order valence-corrected chi connectivity index (χ4v) is 2.13. The van der Waals surface area contributed by atoms with Gasteiger partial charge in [0.1, 0.15) is 5.60 Å². The van der Waals surface area contributed by atoms with Crippen molar-refractivity contribution in [3.63, 3.8) is 0 Å². The SMILES string of the molecule is CC1OCC(O)(C2C=CCN2)C1C. The van der Waals surface area contributed by atoms with Crippen LogP contribution in [0.5, 0.6) is 0 Å². The summed E-state index contributed by atoms with van der Waals surface area (Å²) in [6.45, 7) is 5.36. The largest absolute Gasteiger partial charge is 0.385 e. The number of hydrogen-bond donors (Lipinski definition) is 2. The van der Waals surface area contributed by atoms with Gasteiger partial charge in [-0.25, -0.2) is 0 Å². The van der Waals surface area contributed by atoms with Crippen LogP contribution in [-0.2, 0) is 4.74 Å². The number of ether oxygens (including phenoxy) is 1. The predicted octanol–water partition coefficient (Wildman–Crippen LogP) is 0.300. The third-order valence-corrected chi connectivity index (χ3v) is 3.39. The van der Waals surface area contributed by atoms with Crippen molar-refractivity contribution in [3.05, 3.63) is 12.2 Å². The van der Waals surface area contributed by atoms with Crippen molar-refractivity contribution in [1.82, 2.24) is 5.32 Å². The third kappa shape index (κ3) is 1.31. The second kappa shape index (κ2) is 3.08. The van der Waals surface area contributed by atoms with E-state index in [1.165, 1.54) is 0 Å². The molecule has 3 nitrogen and oxygen atoms in total. The van der Waals surface area contributed by atoms with Gasteiger partial charge in [-0.05, 0) is 6.92 Å². The highest BCUT2D eigenvalue weighted by Crippen LogP contribution is 2.34. The highest BCUT2D eigenvalue weighted by atomic mass is 16.5. The molecule has 13 heavy (non-hydrogen) atoms. The van der Waals surface area contributed by atoms with Crippen LogP contribution < -0.4 is 5.32 Å². The lowest BCUT2D eigenvalue weighted by molar-refractivity contribution is -0.0123. The molecule has 4 unspecified atom stereocenters. The first kappa shape index (κ1) is 9.19. The van der Waals surface area contributed by atoms with Crippen LogP contribution >= 0.6 is 0 Å². The van der Waals surface area contributed by atoms with Gasteiger partial charge in [0.25, 0.3) is 0 Å². The first-order valence-corrected chi connectivity index (χ1v) is 4.88. The van der Waals surface area contributed by atoms with E-state index in [0.29, 0.717) is 6.61 Å². The van der Waals surface area contributed by atoms with Crippen LogP contribution in [0.3, 0.4) is 0 Å². The van der Waals surface area contributed by atoms with Crippen LogP contribution in [0.15, 0.2) is 12.2 Å². The van der Waals surface area contributed by atoms with E-state index in [1.807, 2.05) is 19.9 Å². The summed E-state index contributed by atoms with van der Waals surface area (Å²) in [5.74, 6) is 0.188. The summed E-state index contributed by atoms with van der Waals surface area (Å²) in [5.41, 5.74) is -0.716. The van der Waals surface area contributed by atoms with Crippen molar-refractivity contribution in [2.24, 2.45) is 5.92 Å². The van der Waals surface area contributed by atoms with Crippen molar-refractivity contribution in [2.45, 2.75) is 31.6 Å². The van der Waals surface area contributed by atoms with Crippen LogP contribution in [0.25, 0.3) is 0 Å². The smallest absolute Gasteiger partial charge is 0.112 e. The molecule has 4 atom stereocenters. The Bertz CT molecular complexity index is 229. The summed E-state index contributed by atoms with van der Waals surface area (Å²) >= 11 is 0. The monoisotopic (exact) mass is 183 g/mol. The molecule has 0 saturated carbocycles. The quantitative estimate of drug-likeness (QED) is 0.574. The molecular weight excluding hydrogens is 166 g/mol. The van der Waals surface area contributed by atoms with E-state index in [-0.39, 0.29) is 18.1 Å². The van der Waals surface area contributed by atoms with Gasteiger partial charge in [0.05, 0.1) is 18.8 Å². The lowest BCUT2D eigenvalue weighted by Gasteiger charge is -2.32. The van der Waals surface area contributed by atoms with Gasteiger partial charge in [-0.3, -0.25) is 0 Å². The van der Waals surface area contributed by atoms with E-state index in [0.717, 1.165) is 6.54 Å². The van der Waals surface area contributed by atoms with Gasteiger partial charge >= 0.3 is 0 Å². The van der Waals surface area contributed by atoms with Crippen molar-refractivity contribution in [1.29, 1.82) is 0 Å². The van der Waals surface area contributed by atoms with E-state index < -0.39 is 5.60 Å². The normalized spacial score (nSPS) is 50.2. The molecule has 2 heterocycles. The molecule has 0 aromatic heterocycles. The summed E-state index contributed by atoms with van der Waals surface area (Å²) in [5, 5.41) is 13.6. The molecule has 0 aromatic carbocycles. The van der Waals surface area contributed by atoms with Crippen LogP contribution in [-0.4, -0.2) is 36.0 Å². The molecule has 0 spiro atoms. The molecule has 74 valence electrons. The number of hydrogen-bond acceptors (Lipinski definition) is 3.